The molecule has 0 bridgehead atoms. The van der Waals surface area contributed by atoms with E-state index in [-0.39, 0.29) is 24.2 Å². The van der Waals surface area contributed by atoms with E-state index in [2.05, 4.69) is 15.5 Å². The zero-order valence-corrected chi connectivity index (χ0v) is 13.7. The second kappa shape index (κ2) is 8.39. The predicted octanol–water partition coefficient (Wildman–Crippen LogP) is 2.88. The van der Waals surface area contributed by atoms with Gasteiger partial charge in [0.25, 0.3) is 0 Å². The largest absolute Gasteiger partial charge is 0.320 e. The lowest BCUT2D eigenvalue weighted by atomic mass is 9.86. The highest BCUT2D eigenvalue weighted by Gasteiger charge is 2.19. The standard InChI is InChI=1S/C15H26N4O.ClH/c1-10(2)14(16)15(20)17-13-9-12(18-19-13)8-11-6-4-3-5-7-11;/h9-11,14H,3-8,16H2,1-2H3,(H2,17,18,19,20);1H/t14-;/m0./s1. The maximum atomic E-state index is 11.9. The molecule has 1 heterocycles. The van der Waals surface area contributed by atoms with Crippen LogP contribution in [-0.4, -0.2) is 22.1 Å². The van der Waals surface area contributed by atoms with Crippen molar-refractivity contribution in [3.8, 4) is 0 Å². The molecule has 4 N–H and O–H groups in total. The molecule has 1 saturated carbocycles. The van der Waals surface area contributed by atoms with Crippen LogP contribution < -0.4 is 11.1 Å². The number of aromatic amines is 1. The molecule has 1 aromatic rings. The summed E-state index contributed by atoms with van der Waals surface area (Å²) in [5.74, 6) is 1.29. The average Bonchev–Trinajstić information content (AvgIpc) is 2.86. The molecule has 120 valence electrons. The molecular formula is C15H27ClN4O. The fourth-order valence-corrected chi connectivity index (χ4v) is 2.74. The maximum absolute atomic E-state index is 11.9. The molecule has 0 spiro atoms. The van der Waals surface area contributed by atoms with Crippen molar-refractivity contribution in [3.63, 3.8) is 0 Å². The summed E-state index contributed by atoms with van der Waals surface area (Å²) in [6, 6.07) is 1.44. The number of rotatable bonds is 5. The number of anilines is 1. The van der Waals surface area contributed by atoms with Crippen molar-refractivity contribution in [2.75, 3.05) is 5.32 Å². The first-order chi connectivity index (χ1) is 9.56. The van der Waals surface area contributed by atoms with Crippen LogP contribution in [0, 0.1) is 11.8 Å². The topological polar surface area (TPSA) is 83.8 Å². The predicted molar refractivity (Wildman–Crippen MR) is 87.6 cm³/mol. The summed E-state index contributed by atoms with van der Waals surface area (Å²) in [5.41, 5.74) is 6.92. The minimum Gasteiger partial charge on any atom is -0.320 e. The van der Waals surface area contributed by atoms with Gasteiger partial charge in [0.1, 0.15) is 0 Å². The molecule has 1 aliphatic carbocycles. The molecule has 0 aromatic carbocycles. The van der Waals surface area contributed by atoms with Crippen LogP contribution in [0.15, 0.2) is 6.07 Å². The Morgan fingerprint density at radius 3 is 2.71 bits per heavy atom. The van der Waals surface area contributed by atoms with Crippen molar-refractivity contribution < 1.29 is 4.79 Å². The van der Waals surface area contributed by atoms with Crippen LogP contribution >= 0.6 is 12.4 Å². The number of hydrogen-bond donors (Lipinski definition) is 3. The number of H-pyrrole nitrogens is 1. The number of nitrogens with one attached hydrogen (secondary N) is 2. The molecule has 6 heteroatoms. The van der Waals surface area contributed by atoms with Crippen molar-refractivity contribution in [1.82, 2.24) is 10.2 Å². The van der Waals surface area contributed by atoms with Gasteiger partial charge in [-0.3, -0.25) is 9.89 Å². The van der Waals surface area contributed by atoms with Crippen molar-refractivity contribution >= 4 is 24.1 Å². The van der Waals surface area contributed by atoms with E-state index in [1.807, 2.05) is 19.9 Å². The van der Waals surface area contributed by atoms with E-state index in [4.69, 9.17) is 5.73 Å². The molecule has 0 radical (unpaired) electrons. The first kappa shape index (κ1) is 18.0. The van der Waals surface area contributed by atoms with Gasteiger partial charge in [-0.05, 0) is 18.3 Å². The number of halogens is 1. The number of carbonyl (C=O) groups is 1. The van der Waals surface area contributed by atoms with Crippen LogP contribution in [0.2, 0.25) is 0 Å². The molecule has 1 aliphatic rings. The van der Waals surface area contributed by atoms with Crippen LogP contribution in [0.25, 0.3) is 0 Å². The Morgan fingerprint density at radius 1 is 1.43 bits per heavy atom. The second-order valence-corrected chi connectivity index (χ2v) is 6.25. The summed E-state index contributed by atoms with van der Waals surface area (Å²) in [6.45, 7) is 3.87. The van der Waals surface area contributed by atoms with E-state index in [1.165, 1.54) is 32.1 Å². The summed E-state index contributed by atoms with van der Waals surface area (Å²) in [6.07, 6.45) is 7.68. The van der Waals surface area contributed by atoms with Gasteiger partial charge in [-0.15, -0.1) is 12.4 Å². The first-order valence-corrected chi connectivity index (χ1v) is 7.67. The van der Waals surface area contributed by atoms with Gasteiger partial charge in [0.15, 0.2) is 5.82 Å². The highest BCUT2D eigenvalue weighted by Crippen LogP contribution is 2.26. The molecule has 1 amide bonds. The van der Waals surface area contributed by atoms with E-state index in [0.29, 0.717) is 5.82 Å². The van der Waals surface area contributed by atoms with Crippen molar-refractivity contribution in [2.45, 2.75) is 58.4 Å². The summed E-state index contributed by atoms with van der Waals surface area (Å²) in [5, 5.41) is 9.95. The van der Waals surface area contributed by atoms with Gasteiger partial charge in [0.2, 0.25) is 5.91 Å². The summed E-state index contributed by atoms with van der Waals surface area (Å²) < 4.78 is 0. The molecule has 1 fully saturated rings. The molecular weight excluding hydrogens is 288 g/mol. The van der Waals surface area contributed by atoms with Crippen LogP contribution in [0.4, 0.5) is 5.82 Å². The van der Waals surface area contributed by atoms with Crippen LogP contribution in [0.1, 0.15) is 51.6 Å². The quantitative estimate of drug-likeness (QED) is 0.781. The van der Waals surface area contributed by atoms with Gasteiger partial charge in [0, 0.05) is 11.8 Å². The average molecular weight is 315 g/mol. The molecule has 2 rings (SSSR count). The van der Waals surface area contributed by atoms with Crippen molar-refractivity contribution in [2.24, 2.45) is 17.6 Å². The van der Waals surface area contributed by atoms with Crippen LogP contribution in [-0.2, 0) is 11.2 Å². The molecule has 21 heavy (non-hydrogen) atoms. The molecule has 0 aliphatic heterocycles. The first-order valence-electron chi connectivity index (χ1n) is 7.67. The minimum atomic E-state index is -0.492. The van der Waals surface area contributed by atoms with Gasteiger partial charge >= 0.3 is 0 Å². The zero-order valence-electron chi connectivity index (χ0n) is 12.9. The number of hydrogen-bond acceptors (Lipinski definition) is 3. The fourth-order valence-electron chi connectivity index (χ4n) is 2.74. The lowest BCUT2D eigenvalue weighted by Gasteiger charge is -2.20. The Bertz CT molecular complexity index is 441. The van der Waals surface area contributed by atoms with E-state index in [9.17, 15) is 4.79 Å². The number of aromatic nitrogens is 2. The Morgan fingerprint density at radius 2 is 2.10 bits per heavy atom. The maximum Gasteiger partial charge on any atom is 0.242 e. The Labute approximate surface area is 132 Å². The normalized spacial score (nSPS) is 17.3. The van der Waals surface area contributed by atoms with Gasteiger partial charge < -0.3 is 11.1 Å². The van der Waals surface area contributed by atoms with E-state index in [0.717, 1.165) is 18.0 Å². The lowest BCUT2D eigenvalue weighted by Crippen LogP contribution is -2.39. The van der Waals surface area contributed by atoms with Crippen LogP contribution in [0.5, 0.6) is 0 Å². The van der Waals surface area contributed by atoms with Crippen molar-refractivity contribution in [1.29, 1.82) is 0 Å². The highest BCUT2D eigenvalue weighted by molar-refractivity contribution is 5.94. The Balaban J connectivity index is 0.00000220. The molecule has 5 nitrogen and oxygen atoms in total. The third kappa shape index (κ3) is 5.32. The summed E-state index contributed by atoms with van der Waals surface area (Å²) >= 11 is 0. The third-order valence-corrected chi connectivity index (χ3v) is 4.14. The SMILES string of the molecule is CC(C)[C@H](N)C(=O)Nc1cc(CC2CCCCC2)[nH]n1.Cl. The summed E-state index contributed by atoms with van der Waals surface area (Å²) in [4.78, 5) is 11.9. The van der Waals surface area contributed by atoms with E-state index in [1.54, 1.807) is 0 Å². The number of nitrogens with two attached hydrogens (primary N) is 1. The number of amides is 1. The number of nitrogens with zero attached hydrogens (tertiary/aromatic N) is 1. The Kier molecular flexibility index (Phi) is 7.18. The monoisotopic (exact) mass is 314 g/mol. The zero-order chi connectivity index (χ0) is 14.5. The minimum absolute atomic E-state index is 0. The molecule has 0 saturated heterocycles. The van der Waals surface area contributed by atoms with Gasteiger partial charge in [-0.2, -0.15) is 5.10 Å². The van der Waals surface area contributed by atoms with E-state index >= 15 is 0 Å². The molecule has 1 atom stereocenters. The van der Waals surface area contributed by atoms with Gasteiger partial charge in [-0.25, -0.2) is 0 Å². The third-order valence-electron chi connectivity index (χ3n) is 4.14. The van der Waals surface area contributed by atoms with Crippen molar-refractivity contribution in [3.05, 3.63) is 11.8 Å². The second-order valence-electron chi connectivity index (χ2n) is 6.25. The number of carbonyl (C=O) groups excluding carboxylic acids is 1. The van der Waals surface area contributed by atoms with E-state index < -0.39 is 6.04 Å². The lowest BCUT2D eigenvalue weighted by molar-refractivity contribution is -0.118. The Hall–Kier alpha value is -1.07. The summed E-state index contributed by atoms with van der Waals surface area (Å²) in [7, 11) is 0. The van der Waals surface area contributed by atoms with Gasteiger partial charge in [-0.1, -0.05) is 46.0 Å². The smallest absolute Gasteiger partial charge is 0.242 e. The molecule has 1 aromatic heterocycles. The van der Waals surface area contributed by atoms with Gasteiger partial charge in [0.05, 0.1) is 6.04 Å². The van der Waals surface area contributed by atoms with Crippen LogP contribution in [0.3, 0.4) is 0 Å². The fraction of sp³-hybridized carbons (Fsp3) is 0.733. The highest BCUT2D eigenvalue weighted by atomic mass is 35.5. The molecule has 0 unspecified atom stereocenters.